The van der Waals surface area contributed by atoms with E-state index in [9.17, 15) is 0 Å². The van der Waals surface area contributed by atoms with E-state index in [0.717, 1.165) is 40.2 Å². The van der Waals surface area contributed by atoms with Crippen LogP contribution in [0.1, 0.15) is 30.1 Å². The topological polar surface area (TPSA) is 49.3 Å². The first kappa shape index (κ1) is 16.8. The number of benzene rings is 1. The predicted octanol–water partition coefficient (Wildman–Crippen LogP) is 3.61. The van der Waals surface area contributed by atoms with Crippen molar-refractivity contribution in [2.45, 2.75) is 33.4 Å². The summed E-state index contributed by atoms with van der Waals surface area (Å²) in [6, 6.07) is 7.76. The lowest BCUT2D eigenvalue weighted by Gasteiger charge is -2.10. The summed E-state index contributed by atoms with van der Waals surface area (Å²) in [5.41, 5.74) is 2.14. The summed E-state index contributed by atoms with van der Waals surface area (Å²) in [6.45, 7) is 6.25. The fourth-order valence-electron chi connectivity index (χ4n) is 1.91. The molecule has 2 N–H and O–H groups in total. The van der Waals surface area contributed by atoms with Gasteiger partial charge in [0.05, 0.1) is 23.8 Å². The van der Waals surface area contributed by atoms with E-state index in [2.05, 4.69) is 39.8 Å². The zero-order valence-corrected chi connectivity index (χ0v) is 14.5. The van der Waals surface area contributed by atoms with E-state index in [1.54, 1.807) is 11.3 Å². The number of aliphatic imine (C=N–C) groups is 1. The van der Waals surface area contributed by atoms with Gasteiger partial charge in [0.1, 0.15) is 0 Å². The minimum absolute atomic E-state index is 0.590. The Labute approximate surface area is 140 Å². The fraction of sp³-hybridized carbons (Fsp3) is 0.375. The minimum Gasteiger partial charge on any atom is -0.357 e. The van der Waals surface area contributed by atoms with Gasteiger partial charge >= 0.3 is 0 Å². The van der Waals surface area contributed by atoms with E-state index in [-0.39, 0.29) is 0 Å². The van der Waals surface area contributed by atoms with Gasteiger partial charge in [-0.2, -0.15) is 0 Å². The molecule has 0 bridgehead atoms. The Morgan fingerprint density at radius 3 is 2.86 bits per heavy atom. The molecule has 1 heterocycles. The Morgan fingerprint density at radius 2 is 2.18 bits per heavy atom. The van der Waals surface area contributed by atoms with Gasteiger partial charge in [-0.3, -0.25) is 0 Å². The largest absolute Gasteiger partial charge is 0.357 e. The van der Waals surface area contributed by atoms with Crippen LogP contribution in [0.25, 0.3) is 0 Å². The van der Waals surface area contributed by atoms with Crippen molar-refractivity contribution in [2.24, 2.45) is 4.99 Å². The van der Waals surface area contributed by atoms with Crippen LogP contribution in [0.3, 0.4) is 0 Å². The van der Waals surface area contributed by atoms with Crippen LogP contribution in [0.5, 0.6) is 0 Å². The van der Waals surface area contributed by atoms with Crippen molar-refractivity contribution in [3.8, 4) is 0 Å². The van der Waals surface area contributed by atoms with Crippen molar-refractivity contribution in [3.05, 3.63) is 50.9 Å². The van der Waals surface area contributed by atoms with E-state index in [4.69, 9.17) is 11.6 Å². The highest BCUT2D eigenvalue weighted by atomic mass is 35.5. The normalized spacial score (nSPS) is 11.5. The summed E-state index contributed by atoms with van der Waals surface area (Å²) in [4.78, 5) is 9.12. The smallest absolute Gasteiger partial charge is 0.191 e. The molecule has 0 atom stereocenters. The van der Waals surface area contributed by atoms with Crippen LogP contribution >= 0.6 is 22.9 Å². The number of thiazole rings is 1. The van der Waals surface area contributed by atoms with Gasteiger partial charge in [-0.05, 0) is 31.0 Å². The first-order chi connectivity index (χ1) is 10.7. The lowest BCUT2D eigenvalue weighted by atomic mass is 10.2. The number of hydrogen-bond acceptors (Lipinski definition) is 3. The number of rotatable bonds is 6. The molecule has 0 aliphatic carbocycles. The second-order valence-corrected chi connectivity index (χ2v) is 6.14. The van der Waals surface area contributed by atoms with Gasteiger partial charge in [-0.1, -0.05) is 30.7 Å². The molecule has 1 aromatic carbocycles. The molecule has 0 fully saturated rings. The van der Waals surface area contributed by atoms with Gasteiger partial charge in [0.15, 0.2) is 5.96 Å². The molecule has 2 rings (SSSR count). The summed E-state index contributed by atoms with van der Waals surface area (Å²) in [5, 5.41) is 10.5. The second kappa shape index (κ2) is 8.76. The van der Waals surface area contributed by atoms with Crippen molar-refractivity contribution in [2.75, 3.05) is 6.54 Å². The monoisotopic (exact) mass is 336 g/mol. The molecule has 6 heteroatoms. The van der Waals surface area contributed by atoms with Gasteiger partial charge in [-0.25, -0.2) is 9.98 Å². The summed E-state index contributed by atoms with van der Waals surface area (Å²) >= 11 is 7.69. The van der Waals surface area contributed by atoms with Crippen LogP contribution in [0.4, 0.5) is 0 Å². The summed E-state index contributed by atoms with van der Waals surface area (Å²) in [6.07, 6.45) is 0.980. The zero-order chi connectivity index (χ0) is 15.8. The Morgan fingerprint density at radius 1 is 1.32 bits per heavy atom. The number of hydrogen-bond donors (Lipinski definition) is 2. The summed E-state index contributed by atoms with van der Waals surface area (Å²) in [7, 11) is 0. The van der Waals surface area contributed by atoms with Crippen molar-refractivity contribution in [1.82, 2.24) is 15.6 Å². The maximum Gasteiger partial charge on any atom is 0.191 e. The van der Waals surface area contributed by atoms with Crippen molar-refractivity contribution >= 4 is 28.9 Å². The van der Waals surface area contributed by atoms with E-state index in [0.29, 0.717) is 13.1 Å². The molecule has 2 aromatic rings. The minimum atomic E-state index is 0.590. The van der Waals surface area contributed by atoms with E-state index in [1.807, 2.05) is 24.3 Å². The highest BCUT2D eigenvalue weighted by Gasteiger charge is 2.02. The molecule has 0 radical (unpaired) electrons. The molecule has 1 aromatic heterocycles. The zero-order valence-electron chi connectivity index (χ0n) is 12.9. The molecule has 0 aliphatic rings. The van der Waals surface area contributed by atoms with E-state index < -0.39 is 0 Å². The Balaban J connectivity index is 1.94. The third kappa shape index (κ3) is 5.31. The van der Waals surface area contributed by atoms with Gasteiger partial charge in [-0.15, -0.1) is 11.3 Å². The number of aromatic nitrogens is 1. The Kier molecular flexibility index (Phi) is 6.68. The maximum absolute atomic E-state index is 5.99. The Bertz CT molecular complexity index is 624. The van der Waals surface area contributed by atoms with Gasteiger partial charge in [0, 0.05) is 16.9 Å². The molecule has 4 nitrogen and oxygen atoms in total. The first-order valence-electron chi connectivity index (χ1n) is 7.41. The number of nitrogens with one attached hydrogen (secondary N) is 2. The molecule has 0 unspecified atom stereocenters. The molecule has 0 spiro atoms. The SMILES string of the molecule is CCNC(=NCc1cccc(Cl)c1)NCc1csc(CC)n1. The van der Waals surface area contributed by atoms with Gasteiger partial charge < -0.3 is 10.6 Å². The van der Waals surface area contributed by atoms with Crippen LogP contribution < -0.4 is 10.6 Å². The Hall–Kier alpha value is -1.59. The van der Waals surface area contributed by atoms with Crippen LogP contribution in [0.15, 0.2) is 34.6 Å². The van der Waals surface area contributed by atoms with Crippen LogP contribution in [-0.2, 0) is 19.5 Å². The quantitative estimate of drug-likeness (QED) is 0.625. The van der Waals surface area contributed by atoms with Crippen molar-refractivity contribution < 1.29 is 0 Å². The van der Waals surface area contributed by atoms with Crippen LogP contribution in [-0.4, -0.2) is 17.5 Å². The van der Waals surface area contributed by atoms with E-state index >= 15 is 0 Å². The molecular weight excluding hydrogens is 316 g/mol. The molecule has 118 valence electrons. The standard InChI is InChI=1S/C16H21ClN4S/c1-3-15-21-14(11-22-15)10-20-16(18-4-2)19-9-12-6-5-7-13(17)8-12/h5-8,11H,3-4,9-10H2,1-2H3,(H2,18,19,20). The molecule has 22 heavy (non-hydrogen) atoms. The highest BCUT2D eigenvalue weighted by molar-refractivity contribution is 7.09. The average Bonchev–Trinajstić information content (AvgIpc) is 2.98. The van der Waals surface area contributed by atoms with Gasteiger partial charge in [0.25, 0.3) is 0 Å². The molecule has 0 amide bonds. The third-order valence-corrected chi connectivity index (χ3v) is 4.27. The van der Waals surface area contributed by atoms with Gasteiger partial charge in [0.2, 0.25) is 0 Å². The van der Waals surface area contributed by atoms with Crippen molar-refractivity contribution in [3.63, 3.8) is 0 Å². The second-order valence-electron chi connectivity index (χ2n) is 4.76. The summed E-state index contributed by atoms with van der Waals surface area (Å²) in [5.74, 6) is 0.786. The first-order valence-corrected chi connectivity index (χ1v) is 8.67. The third-order valence-electron chi connectivity index (χ3n) is 2.99. The average molecular weight is 337 g/mol. The number of nitrogens with zero attached hydrogens (tertiary/aromatic N) is 2. The molecular formula is C16H21ClN4S. The maximum atomic E-state index is 5.99. The lowest BCUT2D eigenvalue weighted by molar-refractivity contribution is 0.800. The van der Waals surface area contributed by atoms with E-state index in [1.165, 1.54) is 0 Å². The predicted molar refractivity (Wildman–Crippen MR) is 94.6 cm³/mol. The molecule has 0 saturated carbocycles. The molecule has 0 aliphatic heterocycles. The lowest BCUT2D eigenvalue weighted by Crippen LogP contribution is -2.36. The number of halogens is 1. The fourth-order valence-corrected chi connectivity index (χ4v) is 2.87. The van der Waals surface area contributed by atoms with Crippen LogP contribution in [0, 0.1) is 0 Å². The number of aryl methyl sites for hydroxylation is 1. The number of guanidine groups is 1. The van der Waals surface area contributed by atoms with Crippen molar-refractivity contribution in [1.29, 1.82) is 0 Å². The molecule has 0 saturated heterocycles. The van der Waals surface area contributed by atoms with Crippen LogP contribution in [0.2, 0.25) is 5.02 Å². The summed E-state index contributed by atoms with van der Waals surface area (Å²) < 4.78 is 0. The highest BCUT2D eigenvalue weighted by Crippen LogP contribution is 2.11.